The molecule has 4 rings (SSSR count). The summed E-state index contributed by atoms with van der Waals surface area (Å²) in [5, 5.41) is 0.713. The van der Waals surface area contributed by atoms with E-state index in [2.05, 4.69) is 39.5 Å². The van der Waals surface area contributed by atoms with Crippen LogP contribution in [0.4, 0.5) is 0 Å². The number of rotatable bonds is 3. The highest BCUT2D eigenvalue weighted by Crippen LogP contribution is 2.35. The van der Waals surface area contributed by atoms with Gasteiger partial charge in [-0.2, -0.15) is 0 Å². The van der Waals surface area contributed by atoms with Crippen molar-refractivity contribution in [2.45, 2.75) is 32.8 Å². The molecule has 0 saturated carbocycles. The van der Waals surface area contributed by atoms with Crippen molar-refractivity contribution in [3.05, 3.63) is 60.0 Å². The van der Waals surface area contributed by atoms with Crippen LogP contribution in [0, 0.1) is 9.49 Å². The molecule has 2 heterocycles. The van der Waals surface area contributed by atoms with E-state index in [1.807, 2.05) is 12.1 Å². The fraction of sp³-hybridized carbons (Fsp3) is 0.316. The summed E-state index contributed by atoms with van der Waals surface area (Å²) in [5.74, 6) is 0.598. The lowest BCUT2D eigenvalue weighted by Gasteiger charge is -2.17. The van der Waals surface area contributed by atoms with Gasteiger partial charge in [-0.1, -0.05) is 6.92 Å². The van der Waals surface area contributed by atoms with Gasteiger partial charge >= 0.3 is 5.97 Å². The highest BCUT2D eigenvalue weighted by molar-refractivity contribution is 14.1. The van der Waals surface area contributed by atoms with Crippen molar-refractivity contribution in [1.29, 1.82) is 0 Å². The third kappa shape index (κ3) is 3.42. The Hall–Kier alpha value is -1.74. The Morgan fingerprint density at radius 1 is 1.38 bits per heavy atom. The van der Waals surface area contributed by atoms with Gasteiger partial charge in [0.1, 0.15) is 17.3 Å². The monoisotopic (exact) mass is 480 g/mol. The van der Waals surface area contributed by atoms with Crippen LogP contribution >= 0.6 is 33.9 Å². The average molecular weight is 480 g/mol. The fourth-order valence-corrected chi connectivity index (χ4v) is 5.03. The van der Waals surface area contributed by atoms with Crippen LogP contribution < -0.4 is 5.56 Å². The maximum absolute atomic E-state index is 12.5. The number of H-pyrrole nitrogens is 1. The van der Waals surface area contributed by atoms with E-state index >= 15 is 0 Å². The van der Waals surface area contributed by atoms with Crippen LogP contribution in [0.1, 0.15) is 40.0 Å². The van der Waals surface area contributed by atoms with E-state index in [-0.39, 0.29) is 12.2 Å². The largest absolute Gasteiger partial charge is 0.454 e. The molecule has 0 unspecified atom stereocenters. The van der Waals surface area contributed by atoms with Crippen LogP contribution in [0.5, 0.6) is 0 Å². The Labute approximate surface area is 167 Å². The normalized spacial score (nSPS) is 16.5. The van der Waals surface area contributed by atoms with Crippen LogP contribution in [0.3, 0.4) is 0 Å². The summed E-state index contributed by atoms with van der Waals surface area (Å²) in [7, 11) is 0. The zero-order valence-electron chi connectivity index (χ0n) is 14.2. The number of carbonyl (C=O) groups excluding carboxylic acids is 1. The molecule has 1 N–H and O–H groups in total. The number of ether oxygens (including phenoxy) is 1. The third-order valence-corrected chi connectivity index (χ3v) is 6.50. The van der Waals surface area contributed by atoms with E-state index in [9.17, 15) is 9.59 Å². The molecule has 0 spiro atoms. The van der Waals surface area contributed by atoms with Crippen molar-refractivity contribution in [3.63, 3.8) is 0 Å². The molecule has 1 aromatic carbocycles. The van der Waals surface area contributed by atoms with Gasteiger partial charge in [-0.25, -0.2) is 9.78 Å². The van der Waals surface area contributed by atoms with Gasteiger partial charge in [0.05, 0.1) is 10.9 Å². The number of halogens is 1. The molecular weight excluding hydrogens is 463 g/mol. The molecule has 0 radical (unpaired) electrons. The SMILES string of the molecule is C[C@H]1CCc2c(sc3nc(COC(=O)c4ccc(I)cc4)[nH]c(=O)c23)C1. The minimum atomic E-state index is -0.427. The highest BCUT2D eigenvalue weighted by Gasteiger charge is 2.23. The molecule has 5 nitrogen and oxygen atoms in total. The number of fused-ring (bicyclic) bond motifs is 3. The molecular formula is C19H17IN2O3S. The Kier molecular flexibility index (Phi) is 4.83. The highest BCUT2D eigenvalue weighted by atomic mass is 127. The number of nitrogens with zero attached hydrogens (tertiary/aromatic N) is 1. The van der Waals surface area contributed by atoms with E-state index in [0.29, 0.717) is 22.7 Å². The van der Waals surface area contributed by atoms with Crippen LogP contribution in [-0.4, -0.2) is 15.9 Å². The van der Waals surface area contributed by atoms with Crippen molar-refractivity contribution in [2.24, 2.45) is 5.92 Å². The van der Waals surface area contributed by atoms with Crippen molar-refractivity contribution in [3.8, 4) is 0 Å². The van der Waals surface area contributed by atoms with Gasteiger partial charge in [-0.15, -0.1) is 11.3 Å². The van der Waals surface area contributed by atoms with Crippen molar-refractivity contribution in [2.75, 3.05) is 0 Å². The van der Waals surface area contributed by atoms with Crippen molar-refractivity contribution >= 4 is 50.1 Å². The standard InChI is InChI=1S/C19H17IN2O3S/c1-10-2-7-13-14(8-10)26-18-16(13)17(23)21-15(22-18)9-25-19(24)11-3-5-12(20)6-4-11/h3-6,10H,2,7-9H2,1H3,(H,21,22,23)/t10-/m0/s1. The number of aromatic nitrogens is 2. The number of aryl methyl sites for hydroxylation is 1. The van der Waals surface area contributed by atoms with Gasteiger partial charge in [-0.05, 0) is 77.6 Å². The average Bonchev–Trinajstić information content (AvgIpc) is 2.98. The third-order valence-electron chi connectivity index (χ3n) is 4.63. The summed E-state index contributed by atoms with van der Waals surface area (Å²) in [6.45, 7) is 2.19. The first kappa shape index (κ1) is 17.7. The predicted octanol–water partition coefficient (Wildman–Crippen LogP) is 4.07. The predicted molar refractivity (Wildman–Crippen MR) is 110 cm³/mol. The molecule has 0 amide bonds. The minimum absolute atomic E-state index is 0.0467. The number of hydrogen-bond donors (Lipinski definition) is 1. The van der Waals surface area contributed by atoms with E-state index in [1.165, 1.54) is 4.88 Å². The first-order chi connectivity index (χ1) is 12.5. The number of aromatic amines is 1. The van der Waals surface area contributed by atoms with Crippen molar-refractivity contribution < 1.29 is 9.53 Å². The Morgan fingerprint density at radius 3 is 2.92 bits per heavy atom. The second-order valence-electron chi connectivity index (χ2n) is 6.63. The smallest absolute Gasteiger partial charge is 0.338 e. The Bertz CT molecular complexity index is 1040. The van der Waals surface area contributed by atoms with E-state index in [4.69, 9.17) is 4.74 Å². The lowest BCUT2D eigenvalue weighted by Crippen LogP contribution is -2.16. The number of thiophene rings is 1. The van der Waals surface area contributed by atoms with Gasteiger partial charge in [-0.3, -0.25) is 4.79 Å². The summed E-state index contributed by atoms with van der Waals surface area (Å²) < 4.78 is 6.36. The molecule has 0 bridgehead atoms. The number of carbonyl (C=O) groups is 1. The summed E-state index contributed by atoms with van der Waals surface area (Å²) in [6.07, 6.45) is 3.04. The zero-order chi connectivity index (χ0) is 18.3. The first-order valence-electron chi connectivity index (χ1n) is 8.47. The maximum atomic E-state index is 12.5. The Balaban J connectivity index is 1.57. The van der Waals surface area contributed by atoms with Crippen LogP contribution in [0.15, 0.2) is 29.1 Å². The maximum Gasteiger partial charge on any atom is 0.338 e. The first-order valence-corrected chi connectivity index (χ1v) is 10.4. The molecule has 7 heteroatoms. The van der Waals surface area contributed by atoms with Crippen LogP contribution in [0.25, 0.3) is 10.2 Å². The molecule has 1 atom stereocenters. The van der Waals surface area contributed by atoms with Gasteiger partial charge < -0.3 is 9.72 Å². The summed E-state index contributed by atoms with van der Waals surface area (Å²) >= 11 is 3.77. The molecule has 2 aromatic heterocycles. The van der Waals surface area contributed by atoms with Crippen molar-refractivity contribution in [1.82, 2.24) is 9.97 Å². The summed E-state index contributed by atoms with van der Waals surface area (Å²) in [4.78, 5) is 34.0. The topological polar surface area (TPSA) is 72.0 Å². The van der Waals surface area contributed by atoms with E-state index < -0.39 is 5.97 Å². The van der Waals surface area contributed by atoms with Gasteiger partial charge in [0.2, 0.25) is 0 Å². The second-order valence-corrected chi connectivity index (χ2v) is 8.96. The molecule has 134 valence electrons. The zero-order valence-corrected chi connectivity index (χ0v) is 17.1. The number of nitrogens with one attached hydrogen (secondary N) is 1. The van der Waals surface area contributed by atoms with Crippen LogP contribution in [-0.2, 0) is 24.2 Å². The molecule has 0 aliphatic heterocycles. The second kappa shape index (κ2) is 7.11. The number of hydrogen-bond acceptors (Lipinski definition) is 5. The van der Waals surface area contributed by atoms with Crippen LogP contribution in [0.2, 0.25) is 0 Å². The van der Waals surface area contributed by atoms with E-state index in [1.54, 1.807) is 23.5 Å². The molecule has 26 heavy (non-hydrogen) atoms. The van der Waals surface area contributed by atoms with Gasteiger partial charge in [0, 0.05) is 8.45 Å². The summed E-state index contributed by atoms with van der Waals surface area (Å²) in [5.41, 5.74) is 1.50. The fourth-order valence-electron chi connectivity index (χ4n) is 3.26. The number of esters is 1. The van der Waals surface area contributed by atoms with Gasteiger partial charge in [0.25, 0.3) is 5.56 Å². The van der Waals surface area contributed by atoms with E-state index in [0.717, 1.165) is 33.2 Å². The van der Waals surface area contributed by atoms with Gasteiger partial charge in [0.15, 0.2) is 0 Å². The molecule has 1 aliphatic carbocycles. The molecule has 0 fully saturated rings. The minimum Gasteiger partial charge on any atom is -0.454 e. The summed E-state index contributed by atoms with van der Waals surface area (Å²) in [6, 6.07) is 7.14. The molecule has 0 saturated heterocycles. The molecule has 1 aliphatic rings. The molecule has 3 aromatic rings. The lowest BCUT2D eigenvalue weighted by atomic mass is 9.89. The Morgan fingerprint density at radius 2 is 2.15 bits per heavy atom. The quantitative estimate of drug-likeness (QED) is 0.453. The number of benzene rings is 1. The lowest BCUT2D eigenvalue weighted by molar-refractivity contribution is 0.0462.